The number of hydrogen-bond acceptors (Lipinski definition) is 7. The highest BCUT2D eigenvalue weighted by Gasteiger charge is 2.24. The van der Waals surface area contributed by atoms with Gasteiger partial charge in [0, 0.05) is 67.7 Å². The van der Waals surface area contributed by atoms with Gasteiger partial charge in [-0.1, -0.05) is 39.8 Å². The van der Waals surface area contributed by atoms with Crippen molar-refractivity contribution < 1.29 is 14.3 Å². The zero-order chi connectivity index (χ0) is 30.1. The summed E-state index contributed by atoms with van der Waals surface area (Å²) in [7, 11) is 2.17. The van der Waals surface area contributed by atoms with Crippen LogP contribution in [0.25, 0.3) is 11.1 Å². The number of carbonyl (C=O) groups excluding carboxylic acids is 2. The molecule has 1 fully saturated rings. The average molecular weight is 593 g/mol. The minimum absolute atomic E-state index is 0.144. The number of benzene rings is 1. The van der Waals surface area contributed by atoms with Crippen molar-refractivity contribution >= 4 is 34.0 Å². The highest BCUT2D eigenvalue weighted by atomic mass is 32.1. The van der Waals surface area contributed by atoms with E-state index in [-0.39, 0.29) is 11.3 Å². The number of anilines is 2. The average Bonchev–Trinajstić information content (AvgIpc) is 3.40. The number of ether oxygens (including phenoxy) is 1. The van der Waals surface area contributed by atoms with Gasteiger partial charge in [-0.05, 0) is 55.1 Å². The number of carbonyl (C=O) groups is 2. The minimum atomic E-state index is -0.405. The van der Waals surface area contributed by atoms with Gasteiger partial charge in [0.05, 0.1) is 12.2 Å². The molecule has 3 heterocycles. The maximum atomic E-state index is 13.0. The van der Waals surface area contributed by atoms with E-state index in [1.54, 1.807) is 6.20 Å². The van der Waals surface area contributed by atoms with E-state index in [2.05, 4.69) is 58.6 Å². The maximum Gasteiger partial charge on any atom is 0.324 e. The van der Waals surface area contributed by atoms with Crippen LogP contribution in [0.15, 0.2) is 48.7 Å². The first-order valence-corrected chi connectivity index (χ1v) is 15.5. The van der Waals surface area contributed by atoms with Gasteiger partial charge in [0.15, 0.2) is 0 Å². The molecule has 1 saturated heterocycles. The third-order valence-electron chi connectivity index (χ3n) is 7.13. The third-order valence-corrected chi connectivity index (χ3v) is 8.61. The largest absolute Gasteiger partial charge is 0.478 e. The van der Waals surface area contributed by atoms with Gasteiger partial charge in [-0.25, -0.2) is 9.78 Å². The van der Waals surface area contributed by atoms with Crippen LogP contribution in [0.4, 0.5) is 15.5 Å². The first kappa shape index (κ1) is 31.5. The number of likely N-dealkylation sites (N-methyl/N-ethyl adjacent to an activating group) is 1. The van der Waals surface area contributed by atoms with Crippen LogP contribution in [0, 0.1) is 0 Å². The molecule has 0 spiro atoms. The molecule has 0 atom stereocenters. The van der Waals surface area contributed by atoms with Gasteiger partial charge in [-0.2, -0.15) is 0 Å². The molecule has 0 unspecified atom stereocenters. The number of nitrogens with one attached hydrogen (secondary N) is 3. The molecule has 226 valence electrons. The molecule has 0 bridgehead atoms. The van der Waals surface area contributed by atoms with E-state index in [0.717, 1.165) is 61.6 Å². The Kier molecular flexibility index (Phi) is 11.0. The number of urea groups is 1. The molecule has 42 heavy (non-hydrogen) atoms. The fourth-order valence-electron chi connectivity index (χ4n) is 4.57. The number of nitrogens with zero attached hydrogens (tertiary/aromatic N) is 3. The molecule has 0 aliphatic carbocycles. The first-order valence-electron chi connectivity index (χ1n) is 14.7. The number of piperazine rings is 1. The summed E-state index contributed by atoms with van der Waals surface area (Å²) in [6.07, 6.45) is 3.59. The number of amides is 3. The van der Waals surface area contributed by atoms with Gasteiger partial charge in [0.2, 0.25) is 5.88 Å². The summed E-state index contributed by atoms with van der Waals surface area (Å²) in [5, 5.41) is 9.25. The predicted molar refractivity (Wildman–Crippen MR) is 172 cm³/mol. The number of rotatable bonds is 11. The number of pyridine rings is 1. The molecule has 10 heteroatoms. The van der Waals surface area contributed by atoms with Gasteiger partial charge in [-0.15, -0.1) is 11.3 Å². The predicted octanol–water partition coefficient (Wildman–Crippen LogP) is 5.91. The van der Waals surface area contributed by atoms with E-state index in [4.69, 9.17) is 4.74 Å². The van der Waals surface area contributed by atoms with Crippen molar-refractivity contribution in [1.82, 2.24) is 20.1 Å². The SMILES string of the molecule is CCCNC(=O)c1cc(C(C)(C)C)sc1NC(=O)Nc1cccc(-c2ccc(OCCCN3CCN(C)CC3)nc2)c1. The van der Waals surface area contributed by atoms with E-state index < -0.39 is 6.03 Å². The molecule has 3 N–H and O–H groups in total. The van der Waals surface area contributed by atoms with E-state index in [1.807, 2.05) is 49.4 Å². The summed E-state index contributed by atoms with van der Waals surface area (Å²) in [4.78, 5) is 36.1. The van der Waals surface area contributed by atoms with Crippen molar-refractivity contribution in [3.8, 4) is 17.0 Å². The number of hydrogen-bond donors (Lipinski definition) is 3. The second kappa shape index (κ2) is 14.6. The maximum absolute atomic E-state index is 13.0. The molecule has 3 amide bonds. The molecular formula is C32H44N6O3S. The fourth-order valence-corrected chi connectivity index (χ4v) is 5.68. The monoisotopic (exact) mass is 592 g/mol. The molecule has 2 aromatic heterocycles. The molecule has 1 aliphatic heterocycles. The standard InChI is InChI=1S/C32H44N6O3S/c1-6-13-33-29(39)26-21-27(32(2,3)4)42-30(26)36-31(40)35-25-10-7-9-23(20-25)24-11-12-28(34-22-24)41-19-8-14-38-17-15-37(5)16-18-38/h7,9-12,20-22H,6,8,13-19H2,1-5H3,(H,33,39)(H2,35,36,40). The van der Waals surface area contributed by atoms with Gasteiger partial charge in [0.25, 0.3) is 5.91 Å². The molecular weight excluding hydrogens is 548 g/mol. The van der Waals surface area contributed by atoms with Crippen LogP contribution in [0.1, 0.15) is 55.8 Å². The van der Waals surface area contributed by atoms with Crippen molar-refractivity contribution in [2.45, 2.75) is 46.0 Å². The lowest BCUT2D eigenvalue weighted by Crippen LogP contribution is -2.44. The molecule has 1 aliphatic rings. The molecule has 0 radical (unpaired) electrons. The van der Waals surface area contributed by atoms with Crippen molar-refractivity contribution in [3.63, 3.8) is 0 Å². The zero-order valence-electron chi connectivity index (χ0n) is 25.5. The summed E-state index contributed by atoms with van der Waals surface area (Å²) in [5.41, 5.74) is 2.82. The Labute approximate surface area is 253 Å². The van der Waals surface area contributed by atoms with Crippen LogP contribution in [-0.4, -0.2) is 79.6 Å². The second-order valence-electron chi connectivity index (χ2n) is 11.8. The van der Waals surface area contributed by atoms with Crippen molar-refractivity contribution in [3.05, 3.63) is 59.1 Å². The second-order valence-corrected chi connectivity index (χ2v) is 12.8. The van der Waals surface area contributed by atoms with Crippen LogP contribution in [0.3, 0.4) is 0 Å². The van der Waals surface area contributed by atoms with Crippen molar-refractivity contribution in [2.24, 2.45) is 0 Å². The Balaban J connectivity index is 1.33. The smallest absolute Gasteiger partial charge is 0.324 e. The van der Waals surface area contributed by atoms with Crippen LogP contribution in [-0.2, 0) is 5.41 Å². The van der Waals surface area contributed by atoms with E-state index in [1.165, 1.54) is 11.3 Å². The third kappa shape index (κ3) is 9.01. The fraction of sp³-hybridized carbons (Fsp3) is 0.469. The van der Waals surface area contributed by atoms with E-state index in [9.17, 15) is 9.59 Å². The van der Waals surface area contributed by atoms with Crippen LogP contribution < -0.4 is 20.7 Å². The lowest BCUT2D eigenvalue weighted by atomic mass is 9.94. The Morgan fingerprint density at radius 3 is 2.50 bits per heavy atom. The highest BCUT2D eigenvalue weighted by molar-refractivity contribution is 7.16. The number of aromatic nitrogens is 1. The highest BCUT2D eigenvalue weighted by Crippen LogP contribution is 2.36. The summed E-state index contributed by atoms with van der Waals surface area (Å²) >= 11 is 1.43. The van der Waals surface area contributed by atoms with Crippen molar-refractivity contribution in [2.75, 3.05) is 63.6 Å². The quantitative estimate of drug-likeness (QED) is 0.240. The van der Waals surface area contributed by atoms with E-state index >= 15 is 0 Å². The van der Waals surface area contributed by atoms with Crippen LogP contribution in [0.5, 0.6) is 5.88 Å². The zero-order valence-corrected chi connectivity index (χ0v) is 26.3. The van der Waals surface area contributed by atoms with Gasteiger partial charge < -0.3 is 25.2 Å². The molecule has 4 rings (SSSR count). The minimum Gasteiger partial charge on any atom is -0.478 e. The molecule has 3 aromatic rings. The Morgan fingerprint density at radius 1 is 1.02 bits per heavy atom. The van der Waals surface area contributed by atoms with Crippen LogP contribution >= 0.6 is 11.3 Å². The van der Waals surface area contributed by atoms with Gasteiger partial charge in [0.1, 0.15) is 5.00 Å². The topological polar surface area (TPSA) is 98.8 Å². The van der Waals surface area contributed by atoms with Crippen LogP contribution in [0.2, 0.25) is 0 Å². The van der Waals surface area contributed by atoms with E-state index in [0.29, 0.717) is 35.3 Å². The summed E-state index contributed by atoms with van der Waals surface area (Å²) in [6, 6.07) is 12.9. The first-order chi connectivity index (χ1) is 20.1. The number of thiophene rings is 1. The Hall–Kier alpha value is -3.47. The lowest BCUT2D eigenvalue weighted by molar-refractivity contribution is 0.0955. The van der Waals surface area contributed by atoms with Gasteiger partial charge >= 0.3 is 6.03 Å². The molecule has 0 saturated carbocycles. The normalized spacial score (nSPS) is 14.4. The van der Waals surface area contributed by atoms with Gasteiger partial charge in [-0.3, -0.25) is 10.1 Å². The molecule has 9 nitrogen and oxygen atoms in total. The summed E-state index contributed by atoms with van der Waals surface area (Å²) < 4.78 is 5.87. The summed E-state index contributed by atoms with van der Waals surface area (Å²) in [6.45, 7) is 15.0. The summed E-state index contributed by atoms with van der Waals surface area (Å²) in [5.74, 6) is 0.422. The Morgan fingerprint density at radius 2 is 1.81 bits per heavy atom. The molecule has 1 aromatic carbocycles. The lowest BCUT2D eigenvalue weighted by Gasteiger charge is -2.32. The Bertz CT molecular complexity index is 1330. The van der Waals surface area contributed by atoms with Crippen molar-refractivity contribution in [1.29, 1.82) is 0 Å².